The number of carbonyl (C=O) groups excluding carboxylic acids is 3. The highest BCUT2D eigenvalue weighted by Crippen LogP contribution is 2.34. The third-order valence-electron chi connectivity index (χ3n) is 3.61. The minimum absolute atomic E-state index is 0.219. The van der Waals surface area contributed by atoms with Crippen LogP contribution >= 0.6 is 0 Å². The number of hydrogen-bond donors (Lipinski definition) is 3. The molecule has 4 amide bonds. The molecular formula is C18H25F3N4O3. The first-order valence-corrected chi connectivity index (χ1v) is 8.79. The number of anilines is 1. The maximum absolute atomic E-state index is 13.0. The minimum atomic E-state index is -4.60. The van der Waals surface area contributed by atoms with Crippen LogP contribution < -0.4 is 16.0 Å². The summed E-state index contributed by atoms with van der Waals surface area (Å²) in [5.74, 6) is -1.10. The van der Waals surface area contributed by atoms with Crippen molar-refractivity contribution < 1.29 is 27.6 Å². The van der Waals surface area contributed by atoms with Gasteiger partial charge in [-0.25, -0.2) is 4.79 Å². The maximum Gasteiger partial charge on any atom is 0.418 e. The van der Waals surface area contributed by atoms with Crippen molar-refractivity contribution in [2.75, 3.05) is 31.5 Å². The number of likely N-dealkylation sites (N-methyl/N-ethyl adjacent to an activating group) is 1. The molecule has 28 heavy (non-hydrogen) atoms. The number of amides is 4. The minimum Gasteiger partial charge on any atom is -0.338 e. The average Bonchev–Trinajstić information content (AvgIpc) is 2.58. The van der Waals surface area contributed by atoms with Crippen LogP contribution in [0, 0.1) is 5.92 Å². The van der Waals surface area contributed by atoms with E-state index in [9.17, 15) is 27.6 Å². The Labute approximate surface area is 161 Å². The highest BCUT2D eigenvalue weighted by atomic mass is 19.4. The van der Waals surface area contributed by atoms with E-state index in [1.807, 2.05) is 13.8 Å². The summed E-state index contributed by atoms with van der Waals surface area (Å²) >= 11 is 0. The summed E-state index contributed by atoms with van der Waals surface area (Å²) in [5.41, 5.74) is -1.31. The summed E-state index contributed by atoms with van der Waals surface area (Å²) in [4.78, 5) is 37.0. The second-order valence-corrected chi connectivity index (χ2v) is 6.55. The topological polar surface area (TPSA) is 90.5 Å². The Balaban J connectivity index is 2.60. The van der Waals surface area contributed by atoms with Gasteiger partial charge in [-0.15, -0.1) is 0 Å². The van der Waals surface area contributed by atoms with Gasteiger partial charge in [-0.2, -0.15) is 13.2 Å². The summed E-state index contributed by atoms with van der Waals surface area (Å²) in [6, 6.07) is 3.99. The van der Waals surface area contributed by atoms with Crippen molar-refractivity contribution in [3.8, 4) is 0 Å². The van der Waals surface area contributed by atoms with Crippen LogP contribution in [0.25, 0.3) is 0 Å². The van der Waals surface area contributed by atoms with E-state index in [4.69, 9.17) is 0 Å². The van der Waals surface area contributed by atoms with E-state index in [0.29, 0.717) is 6.54 Å². The van der Waals surface area contributed by atoms with Gasteiger partial charge in [0, 0.05) is 6.54 Å². The predicted octanol–water partition coefficient (Wildman–Crippen LogP) is 2.45. The lowest BCUT2D eigenvalue weighted by Crippen LogP contribution is -2.46. The number of halogens is 3. The van der Waals surface area contributed by atoms with E-state index in [-0.39, 0.29) is 31.2 Å². The monoisotopic (exact) mass is 402 g/mol. The molecule has 1 aromatic rings. The first-order chi connectivity index (χ1) is 13.0. The number of carbonyl (C=O) groups is 3. The van der Waals surface area contributed by atoms with Gasteiger partial charge in [0.15, 0.2) is 0 Å². The smallest absolute Gasteiger partial charge is 0.338 e. The second-order valence-electron chi connectivity index (χ2n) is 6.55. The molecule has 0 saturated heterocycles. The van der Waals surface area contributed by atoms with E-state index >= 15 is 0 Å². The standard InChI is InChI=1S/C18H25F3N4O3/c1-4-25(11-16(27)24-17(28)22-9-12(2)3)10-15(26)23-14-8-6-5-7-13(14)18(19,20)21/h5-8,12H,4,9-11H2,1-3H3,(H,23,26)(H2,22,24,27,28). The molecule has 7 nitrogen and oxygen atoms in total. The van der Waals surface area contributed by atoms with Gasteiger partial charge in [0.2, 0.25) is 11.8 Å². The van der Waals surface area contributed by atoms with Crippen LogP contribution in [0.4, 0.5) is 23.7 Å². The van der Waals surface area contributed by atoms with Crippen LogP contribution in [0.2, 0.25) is 0 Å². The lowest BCUT2D eigenvalue weighted by molar-refractivity contribution is -0.137. The number of urea groups is 1. The zero-order valence-corrected chi connectivity index (χ0v) is 16.0. The number of rotatable bonds is 8. The zero-order chi connectivity index (χ0) is 21.3. The highest BCUT2D eigenvalue weighted by Gasteiger charge is 2.33. The molecule has 3 N–H and O–H groups in total. The zero-order valence-electron chi connectivity index (χ0n) is 16.0. The predicted molar refractivity (Wildman–Crippen MR) is 98.6 cm³/mol. The van der Waals surface area contributed by atoms with Gasteiger partial charge in [-0.3, -0.25) is 19.8 Å². The summed E-state index contributed by atoms with van der Waals surface area (Å²) in [5, 5.41) is 6.88. The van der Waals surface area contributed by atoms with Crippen LogP contribution in [0.5, 0.6) is 0 Å². The molecule has 0 radical (unpaired) electrons. The fraction of sp³-hybridized carbons (Fsp3) is 0.500. The quantitative estimate of drug-likeness (QED) is 0.623. The Morgan fingerprint density at radius 1 is 1.07 bits per heavy atom. The molecule has 0 aliphatic heterocycles. The molecule has 0 spiro atoms. The van der Waals surface area contributed by atoms with Crippen molar-refractivity contribution in [3.63, 3.8) is 0 Å². The largest absolute Gasteiger partial charge is 0.418 e. The SMILES string of the molecule is CCN(CC(=O)NC(=O)NCC(C)C)CC(=O)Nc1ccccc1C(F)(F)F. The molecule has 0 atom stereocenters. The third-order valence-corrected chi connectivity index (χ3v) is 3.61. The normalized spacial score (nSPS) is 11.4. The van der Waals surface area contributed by atoms with Gasteiger partial charge in [-0.1, -0.05) is 32.9 Å². The molecule has 0 unspecified atom stereocenters. The first-order valence-electron chi connectivity index (χ1n) is 8.79. The molecule has 10 heteroatoms. The van der Waals surface area contributed by atoms with Crippen LogP contribution in [0.1, 0.15) is 26.3 Å². The number of nitrogens with one attached hydrogen (secondary N) is 3. The van der Waals surface area contributed by atoms with Crippen molar-refractivity contribution in [3.05, 3.63) is 29.8 Å². The lowest BCUT2D eigenvalue weighted by atomic mass is 10.1. The maximum atomic E-state index is 13.0. The summed E-state index contributed by atoms with van der Waals surface area (Å²) in [6.45, 7) is 5.62. The van der Waals surface area contributed by atoms with Crippen molar-refractivity contribution in [2.45, 2.75) is 26.9 Å². The number of benzene rings is 1. The van der Waals surface area contributed by atoms with E-state index in [1.165, 1.54) is 17.0 Å². The summed E-state index contributed by atoms with van der Waals surface area (Å²) in [6.07, 6.45) is -4.60. The number of alkyl halides is 3. The van der Waals surface area contributed by atoms with Crippen molar-refractivity contribution in [1.29, 1.82) is 0 Å². The van der Waals surface area contributed by atoms with Crippen molar-refractivity contribution in [1.82, 2.24) is 15.5 Å². The first kappa shape index (κ1) is 23.4. The van der Waals surface area contributed by atoms with Gasteiger partial charge < -0.3 is 10.6 Å². The molecule has 1 aromatic carbocycles. The molecule has 0 heterocycles. The molecule has 0 aromatic heterocycles. The highest BCUT2D eigenvalue weighted by molar-refractivity contribution is 5.96. The Hall–Kier alpha value is -2.62. The molecule has 0 fully saturated rings. The van der Waals surface area contributed by atoms with E-state index in [0.717, 1.165) is 12.1 Å². The fourth-order valence-electron chi connectivity index (χ4n) is 2.22. The van der Waals surface area contributed by atoms with Crippen molar-refractivity contribution in [2.24, 2.45) is 5.92 Å². The summed E-state index contributed by atoms with van der Waals surface area (Å²) < 4.78 is 38.9. The van der Waals surface area contributed by atoms with E-state index in [1.54, 1.807) is 6.92 Å². The number of hydrogen-bond acceptors (Lipinski definition) is 4. The van der Waals surface area contributed by atoms with Crippen molar-refractivity contribution >= 4 is 23.5 Å². The summed E-state index contributed by atoms with van der Waals surface area (Å²) in [7, 11) is 0. The average molecular weight is 402 g/mol. The fourth-order valence-corrected chi connectivity index (χ4v) is 2.22. The van der Waals surface area contributed by atoms with Gasteiger partial charge in [-0.05, 0) is 24.6 Å². The second kappa shape index (κ2) is 10.6. The van der Waals surface area contributed by atoms with E-state index < -0.39 is 29.6 Å². The number of para-hydroxylation sites is 1. The number of nitrogens with zero attached hydrogens (tertiary/aromatic N) is 1. The Morgan fingerprint density at radius 3 is 2.25 bits per heavy atom. The molecular weight excluding hydrogens is 377 g/mol. The molecule has 0 aliphatic rings. The Bertz CT molecular complexity index is 693. The van der Waals surface area contributed by atoms with Gasteiger partial charge >= 0.3 is 12.2 Å². The van der Waals surface area contributed by atoms with Gasteiger partial charge in [0.05, 0.1) is 24.3 Å². The molecule has 0 bridgehead atoms. The third kappa shape index (κ3) is 8.38. The van der Waals surface area contributed by atoms with Crippen LogP contribution in [0.15, 0.2) is 24.3 Å². The Kier molecular flexibility index (Phi) is 8.90. The Morgan fingerprint density at radius 2 is 1.68 bits per heavy atom. The molecule has 1 rings (SSSR count). The van der Waals surface area contributed by atoms with Crippen LogP contribution in [0.3, 0.4) is 0 Å². The van der Waals surface area contributed by atoms with Crippen LogP contribution in [-0.4, -0.2) is 48.9 Å². The van der Waals surface area contributed by atoms with E-state index in [2.05, 4.69) is 16.0 Å². The lowest BCUT2D eigenvalue weighted by Gasteiger charge is -2.20. The van der Waals surface area contributed by atoms with Gasteiger partial charge in [0.25, 0.3) is 0 Å². The molecule has 156 valence electrons. The number of imide groups is 1. The molecule has 0 aliphatic carbocycles. The van der Waals surface area contributed by atoms with Crippen LogP contribution in [-0.2, 0) is 15.8 Å². The van der Waals surface area contributed by atoms with Gasteiger partial charge in [0.1, 0.15) is 0 Å². The molecule has 0 saturated carbocycles.